The van der Waals surface area contributed by atoms with Crippen molar-refractivity contribution < 1.29 is 18.3 Å². The van der Waals surface area contributed by atoms with Crippen molar-refractivity contribution in [3.63, 3.8) is 0 Å². The zero-order chi connectivity index (χ0) is 15.5. The lowest BCUT2D eigenvalue weighted by molar-refractivity contribution is -0.130. The summed E-state index contributed by atoms with van der Waals surface area (Å²) in [6.45, 7) is 1.07. The van der Waals surface area contributed by atoms with Gasteiger partial charge in [0.05, 0.1) is 17.1 Å². The summed E-state index contributed by atoms with van der Waals surface area (Å²) in [5.74, 6) is -0.414. The molecule has 0 aliphatic carbocycles. The summed E-state index contributed by atoms with van der Waals surface area (Å²) in [6, 6.07) is 3.60. The van der Waals surface area contributed by atoms with E-state index in [-0.39, 0.29) is 28.8 Å². The smallest absolute Gasteiger partial charge is 0.241 e. The van der Waals surface area contributed by atoms with Crippen molar-refractivity contribution in [2.24, 2.45) is 0 Å². The quantitative estimate of drug-likeness (QED) is 0.545. The Labute approximate surface area is 123 Å². The Balaban J connectivity index is 2.00. The molecule has 2 rings (SSSR count). The van der Waals surface area contributed by atoms with E-state index in [2.05, 4.69) is 4.72 Å². The molecule has 1 fully saturated rings. The monoisotopic (exact) mass is 313 g/mol. The molecule has 0 saturated carbocycles. The average Bonchev–Trinajstić information content (AvgIpc) is 2.48. The minimum atomic E-state index is -3.82. The maximum absolute atomic E-state index is 12.1. The van der Waals surface area contributed by atoms with Gasteiger partial charge in [0.1, 0.15) is 5.75 Å². The van der Waals surface area contributed by atoms with Gasteiger partial charge in [-0.05, 0) is 37.5 Å². The van der Waals surface area contributed by atoms with Gasteiger partial charge in [0, 0.05) is 13.1 Å². The van der Waals surface area contributed by atoms with E-state index < -0.39 is 10.0 Å². The van der Waals surface area contributed by atoms with Crippen LogP contribution in [0.15, 0.2) is 23.1 Å². The number of hydrogen-bond acceptors (Lipinski definition) is 5. The van der Waals surface area contributed by atoms with Crippen molar-refractivity contribution in [2.75, 3.05) is 25.4 Å². The number of benzene rings is 1. The number of rotatable bonds is 4. The number of hydrogen-bond donors (Lipinski definition) is 3. The zero-order valence-electron chi connectivity index (χ0n) is 11.6. The summed E-state index contributed by atoms with van der Waals surface area (Å²) >= 11 is 0. The van der Waals surface area contributed by atoms with E-state index in [1.54, 1.807) is 4.90 Å². The van der Waals surface area contributed by atoms with Crippen molar-refractivity contribution in [3.8, 4) is 5.75 Å². The number of likely N-dealkylation sites (tertiary alicyclic amines) is 1. The van der Waals surface area contributed by atoms with E-state index in [1.807, 2.05) is 0 Å². The van der Waals surface area contributed by atoms with Crippen LogP contribution in [0, 0.1) is 0 Å². The molecule has 0 aromatic heterocycles. The Hall–Kier alpha value is -1.80. The summed E-state index contributed by atoms with van der Waals surface area (Å²) in [5.41, 5.74) is 5.45. The van der Waals surface area contributed by atoms with E-state index in [0.717, 1.165) is 25.3 Å². The third-order valence-corrected chi connectivity index (χ3v) is 4.83. The molecular weight excluding hydrogens is 294 g/mol. The third-order valence-electron chi connectivity index (χ3n) is 3.43. The van der Waals surface area contributed by atoms with Gasteiger partial charge < -0.3 is 15.7 Å². The first kappa shape index (κ1) is 15.6. The van der Waals surface area contributed by atoms with Crippen LogP contribution in [0.2, 0.25) is 0 Å². The van der Waals surface area contributed by atoms with Crippen molar-refractivity contribution in [2.45, 2.75) is 24.2 Å². The van der Waals surface area contributed by atoms with Gasteiger partial charge in [-0.25, -0.2) is 13.1 Å². The predicted molar refractivity (Wildman–Crippen MR) is 78.1 cm³/mol. The summed E-state index contributed by atoms with van der Waals surface area (Å²) in [4.78, 5) is 13.5. The van der Waals surface area contributed by atoms with Gasteiger partial charge in [0.25, 0.3) is 0 Å². The second kappa shape index (κ2) is 6.31. The molecule has 8 heteroatoms. The van der Waals surface area contributed by atoms with Gasteiger partial charge in [-0.1, -0.05) is 0 Å². The number of anilines is 1. The molecule has 0 spiro atoms. The highest BCUT2D eigenvalue weighted by atomic mass is 32.2. The summed E-state index contributed by atoms with van der Waals surface area (Å²) in [6.07, 6.45) is 3.00. The number of nitrogens with two attached hydrogens (primary N) is 1. The predicted octanol–water partition coefficient (Wildman–Crippen LogP) is 0.265. The Morgan fingerprint density at radius 3 is 2.57 bits per heavy atom. The van der Waals surface area contributed by atoms with Crippen molar-refractivity contribution in [3.05, 3.63) is 18.2 Å². The molecule has 1 aromatic rings. The SMILES string of the molecule is Nc1cc(S(=O)(=O)NCC(=O)N2CCCCC2)ccc1O. The van der Waals surface area contributed by atoms with Crippen molar-refractivity contribution >= 4 is 21.6 Å². The van der Waals surface area contributed by atoms with Gasteiger partial charge in [-0.15, -0.1) is 0 Å². The second-order valence-electron chi connectivity index (χ2n) is 4.99. The molecule has 0 atom stereocenters. The molecular formula is C13H19N3O4S. The van der Waals surface area contributed by atoms with Gasteiger partial charge in [0.2, 0.25) is 15.9 Å². The van der Waals surface area contributed by atoms with Gasteiger partial charge in [-0.2, -0.15) is 0 Å². The number of aromatic hydroxyl groups is 1. The average molecular weight is 313 g/mol. The van der Waals surface area contributed by atoms with Gasteiger partial charge in [0.15, 0.2) is 0 Å². The fourth-order valence-corrected chi connectivity index (χ4v) is 3.20. The number of piperidine rings is 1. The van der Waals surface area contributed by atoms with Crippen LogP contribution in [0.4, 0.5) is 5.69 Å². The molecule has 1 heterocycles. The maximum atomic E-state index is 12.1. The molecule has 1 aliphatic heterocycles. The Bertz CT molecular complexity index is 624. The topological polar surface area (TPSA) is 113 Å². The van der Waals surface area contributed by atoms with Crippen LogP contribution in [0.1, 0.15) is 19.3 Å². The van der Waals surface area contributed by atoms with E-state index in [9.17, 15) is 18.3 Å². The number of sulfonamides is 1. The molecule has 4 N–H and O–H groups in total. The highest BCUT2D eigenvalue weighted by Crippen LogP contribution is 2.22. The maximum Gasteiger partial charge on any atom is 0.241 e. The van der Waals surface area contributed by atoms with E-state index in [0.29, 0.717) is 13.1 Å². The number of phenolic OH excluding ortho intramolecular Hbond substituents is 1. The normalized spacial score (nSPS) is 15.9. The number of amides is 1. The molecule has 116 valence electrons. The number of nitrogens with zero attached hydrogens (tertiary/aromatic N) is 1. The number of phenols is 1. The van der Waals surface area contributed by atoms with Gasteiger partial charge in [-0.3, -0.25) is 4.79 Å². The fourth-order valence-electron chi connectivity index (χ4n) is 2.19. The molecule has 1 amide bonds. The van der Waals surface area contributed by atoms with Crippen LogP contribution in [0.3, 0.4) is 0 Å². The van der Waals surface area contributed by atoms with E-state index in [1.165, 1.54) is 12.1 Å². The lowest BCUT2D eigenvalue weighted by Crippen LogP contribution is -2.42. The molecule has 21 heavy (non-hydrogen) atoms. The second-order valence-corrected chi connectivity index (χ2v) is 6.75. The number of carbonyl (C=O) groups excluding carboxylic acids is 1. The summed E-state index contributed by atoms with van der Waals surface area (Å²) in [5, 5.41) is 9.30. The van der Waals surface area contributed by atoms with Crippen molar-refractivity contribution in [1.82, 2.24) is 9.62 Å². The third kappa shape index (κ3) is 3.85. The molecule has 0 unspecified atom stereocenters. The Kier molecular flexibility index (Phi) is 4.69. The minimum absolute atomic E-state index is 0.0276. The highest BCUT2D eigenvalue weighted by molar-refractivity contribution is 7.89. The molecule has 0 radical (unpaired) electrons. The van der Waals surface area contributed by atoms with Crippen LogP contribution >= 0.6 is 0 Å². The Morgan fingerprint density at radius 2 is 1.95 bits per heavy atom. The highest BCUT2D eigenvalue weighted by Gasteiger charge is 2.20. The van der Waals surface area contributed by atoms with E-state index in [4.69, 9.17) is 5.73 Å². The van der Waals surface area contributed by atoms with Gasteiger partial charge >= 0.3 is 0 Å². The first-order chi connectivity index (χ1) is 9.90. The first-order valence-corrected chi connectivity index (χ1v) is 8.24. The summed E-state index contributed by atoms with van der Waals surface area (Å²) in [7, 11) is -3.82. The van der Waals surface area contributed by atoms with Crippen LogP contribution in [0.25, 0.3) is 0 Å². The molecule has 1 aliphatic rings. The fraction of sp³-hybridized carbons (Fsp3) is 0.462. The molecule has 1 saturated heterocycles. The standard InChI is InChI=1S/C13H19N3O4S/c14-11-8-10(4-5-12(11)17)21(19,20)15-9-13(18)16-6-2-1-3-7-16/h4-5,8,15,17H,1-3,6-7,9,14H2. The lowest BCUT2D eigenvalue weighted by Gasteiger charge is -2.26. The minimum Gasteiger partial charge on any atom is -0.506 e. The van der Waals surface area contributed by atoms with Crippen LogP contribution in [-0.4, -0.2) is 44.0 Å². The van der Waals surface area contributed by atoms with E-state index >= 15 is 0 Å². The molecule has 0 bridgehead atoms. The zero-order valence-corrected chi connectivity index (χ0v) is 12.4. The first-order valence-electron chi connectivity index (χ1n) is 6.76. The number of nitrogen functional groups attached to an aromatic ring is 1. The largest absolute Gasteiger partial charge is 0.506 e. The van der Waals surface area contributed by atoms with Crippen LogP contribution in [-0.2, 0) is 14.8 Å². The van der Waals surface area contributed by atoms with Crippen LogP contribution in [0.5, 0.6) is 5.75 Å². The van der Waals surface area contributed by atoms with Crippen molar-refractivity contribution in [1.29, 1.82) is 0 Å². The number of carbonyl (C=O) groups is 1. The lowest BCUT2D eigenvalue weighted by atomic mass is 10.1. The summed E-state index contributed by atoms with van der Waals surface area (Å²) < 4.78 is 26.4. The number of nitrogens with one attached hydrogen (secondary N) is 1. The Morgan fingerprint density at radius 1 is 1.29 bits per heavy atom. The molecule has 7 nitrogen and oxygen atoms in total. The molecule has 1 aromatic carbocycles. The van der Waals surface area contributed by atoms with Crippen LogP contribution < -0.4 is 10.5 Å².